The molecule has 0 bridgehead atoms. The van der Waals surface area contributed by atoms with Crippen LogP contribution in [0.3, 0.4) is 0 Å². The third-order valence-electron chi connectivity index (χ3n) is 3.29. The maximum absolute atomic E-state index is 11.3. The van der Waals surface area contributed by atoms with E-state index in [-0.39, 0.29) is 11.2 Å². The van der Waals surface area contributed by atoms with E-state index in [0.29, 0.717) is 0 Å². The molecule has 1 amide bonds. The molecular formula is C15H21N3OS. The van der Waals surface area contributed by atoms with Crippen molar-refractivity contribution in [1.29, 1.82) is 0 Å². The number of amides is 1. The quantitative estimate of drug-likeness (QED) is 0.629. The van der Waals surface area contributed by atoms with Crippen LogP contribution in [0.5, 0.6) is 0 Å². The molecule has 0 unspecified atom stereocenters. The molecule has 5 heteroatoms. The number of imidazole rings is 1. The molecule has 1 aromatic carbocycles. The van der Waals surface area contributed by atoms with Crippen molar-refractivity contribution in [2.24, 2.45) is 5.73 Å². The van der Waals surface area contributed by atoms with Crippen LogP contribution >= 0.6 is 11.8 Å². The summed E-state index contributed by atoms with van der Waals surface area (Å²) >= 11 is 1.44. The first kappa shape index (κ1) is 14.9. The van der Waals surface area contributed by atoms with Crippen molar-refractivity contribution in [1.82, 2.24) is 9.55 Å². The van der Waals surface area contributed by atoms with E-state index in [1.807, 2.05) is 25.1 Å². The van der Waals surface area contributed by atoms with Crippen LogP contribution in [0.4, 0.5) is 0 Å². The molecule has 2 aromatic rings. The molecule has 0 saturated heterocycles. The highest BCUT2D eigenvalue weighted by Crippen LogP contribution is 2.27. The molecule has 0 aliphatic heterocycles. The Balaban J connectivity index is 2.30. The molecule has 1 aromatic heterocycles. The van der Waals surface area contributed by atoms with Gasteiger partial charge in [-0.05, 0) is 25.5 Å². The van der Waals surface area contributed by atoms with E-state index in [2.05, 4.69) is 22.5 Å². The highest BCUT2D eigenvalue weighted by atomic mass is 32.2. The Morgan fingerprint density at radius 3 is 2.85 bits per heavy atom. The second-order valence-corrected chi connectivity index (χ2v) is 6.21. The number of carbonyl (C=O) groups excluding carboxylic acids is 1. The molecule has 0 aliphatic carbocycles. The second-order valence-electron chi connectivity index (χ2n) is 4.90. The summed E-state index contributed by atoms with van der Waals surface area (Å²) in [5, 5.41) is 0.616. The molecule has 0 spiro atoms. The molecule has 1 heterocycles. The third kappa shape index (κ3) is 3.33. The lowest BCUT2D eigenvalue weighted by Gasteiger charge is -2.10. The first-order chi connectivity index (χ1) is 9.63. The minimum absolute atomic E-state index is 0.267. The lowest BCUT2D eigenvalue weighted by molar-refractivity contribution is -0.117. The lowest BCUT2D eigenvalue weighted by atomic mass is 10.2. The van der Waals surface area contributed by atoms with E-state index in [1.54, 1.807) is 0 Å². The zero-order valence-electron chi connectivity index (χ0n) is 12.0. The van der Waals surface area contributed by atoms with Crippen LogP contribution in [-0.4, -0.2) is 20.7 Å². The largest absolute Gasteiger partial charge is 0.369 e. The van der Waals surface area contributed by atoms with Crippen LogP contribution in [0.25, 0.3) is 11.0 Å². The fourth-order valence-electron chi connectivity index (χ4n) is 2.10. The van der Waals surface area contributed by atoms with Gasteiger partial charge < -0.3 is 10.3 Å². The molecular weight excluding hydrogens is 270 g/mol. The number of para-hydroxylation sites is 2. The minimum Gasteiger partial charge on any atom is -0.369 e. The number of carbonyl (C=O) groups is 1. The van der Waals surface area contributed by atoms with Gasteiger partial charge in [0.1, 0.15) is 0 Å². The topological polar surface area (TPSA) is 60.9 Å². The highest BCUT2D eigenvalue weighted by molar-refractivity contribution is 8.00. The van der Waals surface area contributed by atoms with Crippen LogP contribution in [0.15, 0.2) is 29.4 Å². The smallest absolute Gasteiger partial charge is 0.230 e. The zero-order valence-corrected chi connectivity index (χ0v) is 12.8. The van der Waals surface area contributed by atoms with Crippen molar-refractivity contribution in [3.05, 3.63) is 24.3 Å². The predicted octanol–water partition coefficient (Wildman–Crippen LogP) is 3.19. The van der Waals surface area contributed by atoms with Crippen LogP contribution in [0.2, 0.25) is 0 Å². The van der Waals surface area contributed by atoms with E-state index in [4.69, 9.17) is 5.73 Å². The Morgan fingerprint density at radius 2 is 2.15 bits per heavy atom. The molecule has 0 saturated carbocycles. The van der Waals surface area contributed by atoms with Crippen LogP contribution in [-0.2, 0) is 11.3 Å². The van der Waals surface area contributed by atoms with Crippen molar-refractivity contribution in [3.63, 3.8) is 0 Å². The number of nitrogens with zero attached hydrogens (tertiary/aromatic N) is 2. The van der Waals surface area contributed by atoms with Crippen molar-refractivity contribution < 1.29 is 4.79 Å². The normalized spacial score (nSPS) is 12.7. The second kappa shape index (κ2) is 6.79. The van der Waals surface area contributed by atoms with Gasteiger partial charge in [-0.25, -0.2) is 4.98 Å². The SMILES string of the molecule is CCCCCn1c(S[C@H](C)C(N)=O)nc2ccccc21. The van der Waals surface area contributed by atoms with Crippen molar-refractivity contribution in [2.45, 2.75) is 50.1 Å². The van der Waals surface area contributed by atoms with Crippen LogP contribution < -0.4 is 5.73 Å². The first-order valence-electron chi connectivity index (χ1n) is 7.04. The molecule has 2 N–H and O–H groups in total. The number of hydrogen-bond acceptors (Lipinski definition) is 3. The van der Waals surface area contributed by atoms with Crippen LogP contribution in [0, 0.1) is 0 Å². The number of rotatable bonds is 7. The number of aromatic nitrogens is 2. The number of primary amides is 1. The van der Waals surface area contributed by atoms with Crippen molar-refractivity contribution in [3.8, 4) is 0 Å². The minimum atomic E-state index is -0.304. The standard InChI is InChI=1S/C15H21N3OS/c1-3-4-7-10-18-13-9-6-5-8-12(13)17-15(18)20-11(2)14(16)19/h5-6,8-9,11H,3-4,7,10H2,1-2H3,(H2,16,19)/t11-/m1/s1. The molecule has 4 nitrogen and oxygen atoms in total. The molecule has 108 valence electrons. The fourth-order valence-corrected chi connectivity index (χ4v) is 3.00. The molecule has 0 fully saturated rings. The Morgan fingerprint density at radius 1 is 1.40 bits per heavy atom. The van der Waals surface area contributed by atoms with E-state index < -0.39 is 0 Å². The fraction of sp³-hybridized carbons (Fsp3) is 0.467. The highest BCUT2D eigenvalue weighted by Gasteiger charge is 2.17. The molecule has 1 atom stereocenters. The van der Waals surface area contributed by atoms with Gasteiger partial charge in [0.2, 0.25) is 5.91 Å². The Labute approximate surface area is 123 Å². The summed E-state index contributed by atoms with van der Waals surface area (Å²) in [7, 11) is 0. The number of benzene rings is 1. The number of hydrogen-bond donors (Lipinski definition) is 1. The zero-order chi connectivity index (χ0) is 14.5. The number of unbranched alkanes of at least 4 members (excludes halogenated alkanes) is 2. The predicted molar refractivity (Wildman–Crippen MR) is 83.8 cm³/mol. The van der Waals surface area contributed by atoms with Crippen molar-refractivity contribution in [2.75, 3.05) is 0 Å². The lowest BCUT2D eigenvalue weighted by Crippen LogP contribution is -2.23. The first-order valence-corrected chi connectivity index (χ1v) is 7.92. The number of thioether (sulfide) groups is 1. The molecule has 0 radical (unpaired) electrons. The van der Waals surface area contributed by atoms with Gasteiger partial charge >= 0.3 is 0 Å². The Bertz CT molecular complexity index is 594. The van der Waals surface area contributed by atoms with Gasteiger partial charge in [-0.1, -0.05) is 43.7 Å². The van der Waals surface area contributed by atoms with E-state index in [9.17, 15) is 4.79 Å². The van der Waals surface area contributed by atoms with Crippen molar-refractivity contribution >= 4 is 28.7 Å². The number of aryl methyl sites for hydroxylation is 1. The Kier molecular flexibility index (Phi) is 5.06. The summed E-state index contributed by atoms with van der Waals surface area (Å²) in [4.78, 5) is 15.9. The molecule has 0 aliphatic rings. The number of fused-ring (bicyclic) bond motifs is 1. The molecule has 20 heavy (non-hydrogen) atoms. The number of nitrogens with two attached hydrogens (primary N) is 1. The maximum atomic E-state index is 11.3. The summed E-state index contributed by atoms with van der Waals surface area (Å²) < 4.78 is 2.20. The van der Waals surface area contributed by atoms with Crippen LogP contribution in [0.1, 0.15) is 33.1 Å². The summed E-state index contributed by atoms with van der Waals surface area (Å²) in [6.45, 7) is 4.95. The monoisotopic (exact) mass is 291 g/mol. The summed E-state index contributed by atoms with van der Waals surface area (Å²) in [5.74, 6) is -0.304. The average molecular weight is 291 g/mol. The van der Waals surface area contributed by atoms with E-state index in [0.717, 1.165) is 29.2 Å². The van der Waals surface area contributed by atoms with E-state index in [1.165, 1.54) is 24.6 Å². The van der Waals surface area contributed by atoms with Gasteiger partial charge in [0.15, 0.2) is 5.16 Å². The summed E-state index contributed by atoms with van der Waals surface area (Å²) in [6, 6.07) is 8.09. The molecule has 2 rings (SSSR count). The van der Waals surface area contributed by atoms with Gasteiger partial charge in [0, 0.05) is 6.54 Å². The van der Waals surface area contributed by atoms with Gasteiger partial charge in [-0.15, -0.1) is 0 Å². The van der Waals surface area contributed by atoms with E-state index >= 15 is 0 Å². The Hall–Kier alpha value is -1.49. The average Bonchev–Trinajstić information content (AvgIpc) is 2.77. The summed E-state index contributed by atoms with van der Waals surface area (Å²) in [6.07, 6.45) is 3.50. The van der Waals surface area contributed by atoms with Gasteiger partial charge in [0.05, 0.1) is 16.3 Å². The third-order valence-corrected chi connectivity index (χ3v) is 4.40. The van der Waals surface area contributed by atoms with Gasteiger partial charge in [-0.3, -0.25) is 4.79 Å². The maximum Gasteiger partial charge on any atom is 0.230 e. The van der Waals surface area contributed by atoms with Gasteiger partial charge in [-0.2, -0.15) is 0 Å². The van der Waals surface area contributed by atoms with Gasteiger partial charge in [0.25, 0.3) is 0 Å². The summed E-state index contributed by atoms with van der Waals surface area (Å²) in [5.41, 5.74) is 7.46.